The second-order valence-electron chi connectivity index (χ2n) is 3.84. The Kier molecular flexibility index (Phi) is 3.69. The van der Waals surface area contributed by atoms with E-state index in [-0.39, 0.29) is 18.1 Å². The fourth-order valence-electron chi connectivity index (χ4n) is 1.70. The number of ether oxygens (including phenoxy) is 1. The molecule has 1 aromatic heterocycles. The van der Waals surface area contributed by atoms with Crippen molar-refractivity contribution in [2.75, 3.05) is 11.9 Å². The lowest BCUT2D eigenvalue weighted by Crippen LogP contribution is -2.26. The van der Waals surface area contributed by atoms with Crippen molar-refractivity contribution in [2.24, 2.45) is 5.73 Å². The van der Waals surface area contributed by atoms with Crippen LogP contribution in [-0.4, -0.2) is 24.4 Å². The fraction of sp³-hybridized carbons (Fsp3) is 0.154. The van der Waals surface area contributed by atoms with Gasteiger partial charge in [0, 0.05) is 5.39 Å². The number of rotatable bonds is 3. The van der Waals surface area contributed by atoms with Crippen LogP contribution in [0.2, 0.25) is 0 Å². The zero-order valence-electron chi connectivity index (χ0n) is 10.6. The van der Waals surface area contributed by atoms with Crippen molar-refractivity contribution < 1.29 is 23.5 Å². The average Bonchev–Trinajstić information content (AvgIpc) is 2.78. The molecule has 0 saturated heterocycles. The Labute approximate surface area is 113 Å². The first kappa shape index (κ1) is 13.6. The maximum absolute atomic E-state index is 11.6. The van der Waals surface area contributed by atoms with Gasteiger partial charge in [-0.2, -0.15) is 0 Å². The summed E-state index contributed by atoms with van der Waals surface area (Å²) in [6, 6.07) is 6.64. The lowest BCUT2D eigenvalue weighted by atomic mass is 10.2. The maximum atomic E-state index is 11.6. The van der Waals surface area contributed by atoms with Gasteiger partial charge in [0.2, 0.25) is 5.76 Å². The monoisotopic (exact) mass is 276 g/mol. The number of fused-ring (bicyclic) bond motifs is 1. The van der Waals surface area contributed by atoms with Gasteiger partial charge in [-0.15, -0.1) is 0 Å². The van der Waals surface area contributed by atoms with Crippen molar-refractivity contribution in [3.05, 3.63) is 30.0 Å². The van der Waals surface area contributed by atoms with Crippen LogP contribution in [-0.2, 0) is 14.3 Å². The Morgan fingerprint density at radius 1 is 1.30 bits per heavy atom. The minimum absolute atomic E-state index is 0.0613. The Hall–Kier alpha value is -2.83. The molecule has 0 spiro atoms. The van der Waals surface area contributed by atoms with Gasteiger partial charge in [0.25, 0.3) is 5.91 Å². The third-order valence-electron chi connectivity index (χ3n) is 2.52. The number of carbonyl (C=O) groups excluding carboxylic acids is 3. The quantitative estimate of drug-likeness (QED) is 0.642. The van der Waals surface area contributed by atoms with Crippen molar-refractivity contribution in [3.8, 4) is 0 Å². The number of para-hydroxylation sites is 1. The minimum Gasteiger partial charge on any atom is -0.459 e. The van der Waals surface area contributed by atoms with Crippen LogP contribution in [0.1, 0.15) is 17.5 Å². The molecule has 0 saturated carbocycles. The number of benzene rings is 1. The van der Waals surface area contributed by atoms with Crippen molar-refractivity contribution in [3.63, 3.8) is 0 Å². The average molecular weight is 276 g/mol. The topological polar surface area (TPSA) is 112 Å². The Bertz CT molecular complexity index is 689. The molecule has 7 heteroatoms. The molecule has 1 heterocycles. The second kappa shape index (κ2) is 5.43. The molecule has 0 atom stereocenters. The van der Waals surface area contributed by atoms with Crippen molar-refractivity contribution in [2.45, 2.75) is 6.92 Å². The summed E-state index contributed by atoms with van der Waals surface area (Å²) < 4.78 is 9.83. The molecule has 0 aliphatic carbocycles. The van der Waals surface area contributed by atoms with E-state index in [4.69, 9.17) is 10.2 Å². The highest BCUT2D eigenvalue weighted by Crippen LogP contribution is 2.30. The van der Waals surface area contributed by atoms with Crippen LogP contribution in [0.15, 0.2) is 28.7 Å². The number of hydrogen-bond donors (Lipinski definition) is 2. The third-order valence-corrected chi connectivity index (χ3v) is 2.52. The van der Waals surface area contributed by atoms with Gasteiger partial charge < -0.3 is 20.2 Å². The molecule has 0 fully saturated rings. The zero-order chi connectivity index (χ0) is 14.7. The zero-order valence-corrected chi connectivity index (χ0v) is 10.6. The summed E-state index contributed by atoms with van der Waals surface area (Å²) >= 11 is 0. The van der Waals surface area contributed by atoms with Crippen LogP contribution in [0, 0.1) is 0 Å². The molecule has 0 aliphatic heterocycles. The van der Waals surface area contributed by atoms with Gasteiger partial charge in [-0.3, -0.25) is 9.59 Å². The Balaban J connectivity index is 2.42. The van der Waals surface area contributed by atoms with Gasteiger partial charge >= 0.3 is 11.9 Å². The highest BCUT2D eigenvalue weighted by atomic mass is 16.5. The number of nitrogens with two attached hydrogens (primary N) is 1. The van der Waals surface area contributed by atoms with Crippen LogP contribution in [0.5, 0.6) is 0 Å². The van der Waals surface area contributed by atoms with Crippen LogP contribution in [0.4, 0.5) is 5.69 Å². The van der Waals surface area contributed by atoms with Gasteiger partial charge in [0.05, 0.1) is 6.61 Å². The van der Waals surface area contributed by atoms with E-state index >= 15 is 0 Å². The number of esters is 1. The lowest BCUT2D eigenvalue weighted by molar-refractivity contribution is -0.152. The van der Waals surface area contributed by atoms with Gasteiger partial charge in [-0.05, 0) is 19.1 Å². The molecule has 104 valence electrons. The molecule has 20 heavy (non-hydrogen) atoms. The van der Waals surface area contributed by atoms with E-state index in [0.29, 0.717) is 11.0 Å². The molecule has 7 nitrogen and oxygen atoms in total. The molecule has 3 N–H and O–H groups in total. The summed E-state index contributed by atoms with van der Waals surface area (Å²) in [6.45, 7) is 1.65. The minimum atomic E-state index is -1.05. The van der Waals surface area contributed by atoms with Crippen LogP contribution in [0.3, 0.4) is 0 Å². The second-order valence-corrected chi connectivity index (χ2v) is 3.84. The predicted molar refractivity (Wildman–Crippen MR) is 70.0 cm³/mol. The summed E-state index contributed by atoms with van der Waals surface area (Å²) in [5.74, 6) is -3.11. The molecule has 1 aromatic carbocycles. The first-order valence-corrected chi connectivity index (χ1v) is 5.84. The molecule has 2 aromatic rings. The van der Waals surface area contributed by atoms with E-state index in [9.17, 15) is 14.4 Å². The van der Waals surface area contributed by atoms with E-state index in [1.807, 2.05) is 0 Å². The highest BCUT2D eigenvalue weighted by Gasteiger charge is 2.23. The van der Waals surface area contributed by atoms with Crippen LogP contribution in [0.25, 0.3) is 11.0 Å². The summed E-state index contributed by atoms with van der Waals surface area (Å²) in [7, 11) is 0. The van der Waals surface area contributed by atoms with Crippen LogP contribution < -0.4 is 11.1 Å². The normalized spacial score (nSPS) is 10.2. The van der Waals surface area contributed by atoms with Crippen molar-refractivity contribution >= 4 is 34.4 Å². The standard InChI is InChI=1S/C13H12N2O5/c1-2-19-13(18)12(17)15-9-7-5-3-4-6-8(7)20-10(9)11(14)16/h3-6H,2H2,1H3,(H2,14,16)(H,15,17). The molecule has 0 unspecified atom stereocenters. The Morgan fingerprint density at radius 3 is 2.65 bits per heavy atom. The first-order chi connectivity index (χ1) is 9.54. The highest BCUT2D eigenvalue weighted by molar-refractivity contribution is 6.38. The SMILES string of the molecule is CCOC(=O)C(=O)Nc1c(C(N)=O)oc2ccccc12. The molecule has 0 bridgehead atoms. The summed E-state index contributed by atoms with van der Waals surface area (Å²) in [5.41, 5.74) is 5.63. The van der Waals surface area contributed by atoms with E-state index in [0.717, 1.165) is 0 Å². The largest absolute Gasteiger partial charge is 0.459 e. The van der Waals surface area contributed by atoms with Crippen molar-refractivity contribution in [1.29, 1.82) is 0 Å². The first-order valence-electron chi connectivity index (χ1n) is 5.84. The molecule has 0 radical (unpaired) electrons. The number of carbonyl (C=O) groups is 3. The van der Waals surface area contributed by atoms with Gasteiger partial charge in [0.1, 0.15) is 11.3 Å². The number of primary amides is 1. The van der Waals surface area contributed by atoms with Crippen LogP contribution >= 0.6 is 0 Å². The summed E-state index contributed by atoms with van der Waals surface area (Å²) in [6.07, 6.45) is 0. The molecule has 2 amide bonds. The fourth-order valence-corrected chi connectivity index (χ4v) is 1.70. The van der Waals surface area contributed by atoms with Gasteiger partial charge in [-0.25, -0.2) is 4.79 Å². The smallest absolute Gasteiger partial charge is 0.397 e. The number of anilines is 1. The molecule has 0 aliphatic rings. The molecule has 2 rings (SSSR count). The lowest BCUT2D eigenvalue weighted by Gasteiger charge is -2.04. The summed E-state index contributed by atoms with van der Waals surface area (Å²) in [4.78, 5) is 34.3. The maximum Gasteiger partial charge on any atom is 0.397 e. The Morgan fingerprint density at radius 2 is 2.00 bits per heavy atom. The third kappa shape index (κ3) is 2.46. The van der Waals surface area contributed by atoms with Crippen molar-refractivity contribution in [1.82, 2.24) is 0 Å². The molecular formula is C13H12N2O5. The van der Waals surface area contributed by atoms with Gasteiger partial charge in [0.15, 0.2) is 0 Å². The number of hydrogen-bond acceptors (Lipinski definition) is 5. The molecular weight excluding hydrogens is 264 g/mol. The van der Waals surface area contributed by atoms with E-state index < -0.39 is 17.8 Å². The number of furan rings is 1. The number of amides is 2. The number of nitrogens with one attached hydrogen (secondary N) is 1. The van der Waals surface area contributed by atoms with E-state index in [1.165, 1.54) is 0 Å². The van der Waals surface area contributed by atoms with E-state index in [1.54, 1.807) is 31.2 Å². The summed E-state index contributed by atoms with van der Waals surface area (Å²) in [5, 5.41) is 2.76. The predicted octanol–water partition coefficient (Wildman–Crippen LogP) is 1.03. The van der Waals surface area contributed by atoms with Gasteiger partial charge in [-0.1, -0.05) is 12.1 Å². The van der Waals surface area contributed by atoms with E-state index in [2.05, 4.69) is 10.1 Å².